The Kier molecular flexibility index (Phi) is 5.31. The van der Waals surface area contributed by atoms with Gasteiger partial charge in [0.25, 0.3) is 5.91 Å². The average molecular weight is 436 g/mol. The maximum Gasteiger partial charge on any atom is 0.251 e. The molecule has 9 nitrogen and oxygen atoms in total. The summed E-state index contributed by atoms with van der Waals surface area (Å²) in [6.45, 7) is 0.148. The summed E-state index contributed by atoms with van der Waals surface area (Å²) in [5, 5.41) is 23.0. The van der Waals surface area contributed by atoms with Crippen LogP contribution in [0.5, 0.6) is 0 Å². The van der Waals surface area contributed by atoms with Gasteiger partial charge in [0, 0.05) is 53.1 Å². The third kappa shape index (κ3) is 4.39. The van der Waals surface area contributed by atoms with E-state index in [1.807, 2.05) is 34.9 Å². The lowest BCUT2D eigenvalue weighted by Gasteiger charge is -2.09. The maximum absolute atomic E-state index is 12.0. The molecule has 1 aromatic carbocycles. The fourth-order valence-electron chi connectivity index (χ4n) is 3.23. The number of anilines is 2. The number of rotatable bonds is 8. The van der Waals surface area contributed by atoms with E-state index in [1.165, 1.54) is 24.6 Å². The standard InChI is InChI=1S/C21H21N7O2S/c29-10-8-23-20(30)14-3-5-15(6-4-14)31-19-12-18-22-7-9-28(18)21(25-19)24-17-11-16(26-27-17)13-1-2-13/h3-7,9,11-13,29H,1-2,8,10H2,(H,23,30)(H2,24,25,26,27). The second kappa shape index (κ2) is 8.40. The van der Waals surface area contributed by atoms with Crippen LogP contribution < -0.4 is 10.6 Å². The van der Waals surface area contributed by atoms with Gasteiger partial charge in [-0.25, -0.2) is 9.97 Å². The molecule has 0 atom stereocenters. The zero-order chi connectivity index (χ0) is 21.2. The summed E-state index contributed by atoms with van der Waals surface area (Å²) >= 11 is 1.48. The molecule has 1 aliphatic rings. The molecule has 158 valence electrons. The highest BCUT2D eigenvalue weighted by Gasteiger charge is 2.25. The van der Waals surface area contributed by atoms with Crippen molar-refractivity contribution in [1.82, 2.24) is 29.9 Å². The summed E-state index contributed by atoms with van der Waals surface area (Å²) in [6, 6.07) is 11.2. The minimum absolute atomic E-state index is 0.0852. The van der Waals surface area contributed by atoms with Gasteiger partial charge in [-0.1, -0.05) is 11.8 Å². The third-order valence-corrected chi connectivity index (χ3v) is 5.88. The van der Waals surface area contributed by atoms with Crippen molar-refractivity contribution in [3.05, 3.63) is 60.0 Å². The monoisotopic (exact) mass is 435 g/mol. The number of nitrogens with zero attached hydrogens (tertiary/aromatic N) is 4. The second-order valence-corrected chi connectivity index (χ2v) is 8.38. The fourth-order valence-corrected chi connectivity index (χ4v) is 4.04. The Bertz CT molecular complexity index is 1210. The molecule has 0 radical (unpaired) electrons. The summed E-state index contributed by atoms with van der Waals surface area (Å²) in [5.41, 5.74) is 2.47. The van der Waals surface area contributed by atoms with Crippen molar-refractivity contribution in [1.29, 1.82) is 0 Å². The zero-order valence-corrected chi connectivity index (χ0v) is 17.4. The van der Waals surface area contributed by atoms with E-state index in [-0.39, 0.29) is 19.1 Å². The van der Waals surface area contributed by atoms with E-state index in [9.17, 15) is 4.79 Å². The van der Waals surface area contributed by atoms with Gasteiger partial charge in [-0.05, 0) is 37.1 Å². The Morgan fingerprint density at radius 2 is 2.10 bits per heavy atom. The average Bonchev–Trinajstić information content (AvgIpc) is 3.33. The molecular weight excluding hydrogens is 414 g/mol. The van der Waals surface area contributed by atoms with E-state index < -0.39 is 0 Å². The number of hydrogen-bond acceptors (Lipinski definition) is 7. The minimum Gasteiger partial charge on any atom is -0.395 e. The van der Waals surface area contributed by atoms with Crippen LogP contribution in [0.2, 0.25) is 0 Å². The van der Waals surface area contributed by atoms with Gasteiger partial charge in [0.2, 0.25) is 5.95 Å². The fraction of sp³-hybridized carbons (Fsp3) is 0.238. The van der Waals surface area contributed by atoms with Crippen molar-refractivity contribution in [3.8, 4) is 0 Å². The van der Waals surface area contributed by atoms with Crippen LogP contribution in [0.3, 0.4) is 0 Å². The van der Waals surface area contributed by atoms with Gasteiger partial charge in [-0.2, -0.15) is 5.10 Å². The smallest absolute Gasteiger partial charge is 0.251 e. The molecule has 3 heterocycles. The molecule has 0 aliphatic heterocycles. The van der Waals surface area contributed by atoms with E-state index >= 15 is 0 Å². The molecule has 3 aromatic heterocycles. The third-order valence-electron chi connectivity index (χ3n) is 4.96. The predicted octanol–water partition coefficient (Wildman–Crippen LogP) is 2.95. The Labute approximate surface area is 182 Å². The molecule has 1 saturated carbocycles. The number of amides is 1. The van der Waals surface area contributed by atoms with Crippen LogP contribution in [0.15, 0.2) is 58.7 Å². The van der Waals surface area contributed by atoms with Crippen LogP contribution in [0.4, 0.5) is 11.8 Å². The van der Waals surface area contributed by atoms with Crippen molar-refractivity contribution < 1.29 is 9.90 Å². The molecule has 0 spiro atoms. The van der Waals surface area contributed by atoms with Crippen molar-refractivity contribution in [2.75, 3.05) is 18.5 Å². The number of aromatic amines is 1. The number of carbonyl (C=O) groups is 1. The molecular formula is C21H21N7O2S. The number of nitrogens with one attached hydrogen (secondary N) is 3. The van der Waals surface area contributed by atoms with Crippen LogP contribution in [0.1, 0.15) is 34.8 Å². The zero-order valence-electron chi connectivity index (χ0n) is 16.6. The number of H-pyrrole nitrogens is 1. The molecule has 4 aromatic rings. The van der Waals surface area contributed by atoms with E-state index in [4.69, 9.17) is 10.1 Å². The van der Waals surface area contributed by atoms with Gasteiger partial charge in [-0.15, -0.1) is 0 Å². The van der Waals surface area contributed by atoms with Gasteiger partial charge in [0.1, 0.15) is 10.7 Å². The number of hydrogen-bond donors (Lipinski definition) is 4. The van der Waals surface area contributed by atoms with Crippen molar-refractivity contribution in [3.63, 3.8) is 0 Å². The summed E-state index contributed by atoms with van der Waals surface area (Å²) in [5.74, 6) is 1.74. The van der Waals surface area contributed by atoms with Gasteiger partial charge in [0.05, 0.1) is 6.61 Å². The lowest BCUT2D eigenvalue weighted by molar-refractivity contribution is 0.0944. The molecule has 1 fully saturated rings. The van der Waals surface area contributed by atoms with E-state index in [2.05, 4.69) is 25.8 Å². The first-order valence-electron chi connectivity index (χ1n) is 10.0. The van der Waals surface area contributed by atoms with Gasteiger partial charge in [-0.3, -0.25) is 14.3 Å². The highest BCUT2D eigenvalue weighted by Crippen LogP contribution is 2.39. The Balaban J connectivity index is 1.35. The highest BCUT2D eigenvalue weighted by atomic mass is 32.2. The van der Waals surface area contributed by atoms with E-state index in [0.717, 1.165) is 27.1 Å². The first kappa shape index (κ1) is 19.6. The second-order valence-electron chi connectivity index (χ2n) is 7.29. The molecule has 10 heteroatoms. The van der Waals surface area contributed by atoms with Crippen LogP contribution in [-0.2, 0) is 0 Å². The normalized spacial score (nSPS) is 13.5. The molecule has 0 unspecified atom stereocenters. The maximum atomic E-state index is 12.0. The van der Waals surface area contributed by atoms with Crippen LogP contribution in [0.25, 0.3) is 5.65 Å². The molecule has 1 aliphatic carbocycles. The van der Waals surface area contributed by atoms with Crippen LogP contribution in [0, 0.1) is 0 Å². The highest BCUT2D eigenvalue weighted by molar-refractivity contribution is 7.99. The van der Waals surface area contributed by atoms with Gasteiger partial charge in [0.15, 0.2) is 5.82 Å². The first-order valence-corrected chi connectivity index (χ1v) is 10.8. The number of fused-ring (bicyclic) bond motifs is 1. The summed E-state index contributed by atoms with van der Waals surface area (Å²) < 4.78 is 1.88. The van der Waals surface area contributed by atoms with Gasteiger partial charge < -0.3 is 15.7 Å². The van der Waals surface area contributed by atoms with Crippen molar-refractivity contribution in [2.45, 2.75) is 28.7 Å². The molecule has 1 amide bonds. The number of aromatic nitrogens is 5. The largest absolute Gasteiger partial charge is 0.395 e. The van der Waals surface area contributed by atoms with Crippen LogP contribution >= 0.6 is 11.8 Å². The van der Waals surface area contributed by atoms with E-state index in [1.54, 1.807) is 18.3 Å². The van der Waals surface area contributed by atoms with Gasteiger partial charge >= 0.3 is 0 Å². The SMILES string of the molecule is O=C(NCCO)c1ccc(Sc2cc3nccn3c(Nc3cc(C4CC4)[nH]n3)n2)cc1. The summed E-state index contributed by atoms with van der Waals surface area (Å²) in [6.07, 6.45) is 6.00. The van der Waals surface area contributed by atoms with Crippen molar-refractivity contribution >= 4 is 35.1 Å². The summed E-state index contributed by atoms with van der Waals surface area (Å²) in [7, 11) is 0. The lowest BCUT2D eigenvalue weighted by atomic mass is 10.2. The molecule has 0 bridgehead atoms. The Morgan fingerprint density at radius 3 is 2.87 bits per heavy atom. The Hall–Kier alpha value is -3.37. The molecule has 5 rings (SSSR count). The Morgan fingerprint density at radius 1 is 1.26 bits per heavy atom. The quantitative estimate of drug-likeness (QED) is 0.314. The van der Waals surface area contributed by atoms with Crippen molar-refractivity contribution in [2.24, 2.45) is 0 Å². The number of imidazole rings is 1. The topological polar surface area (TPSA) is 120 Å². The number of aliphatic hydroxyl groups is 1. The molecule has 0 saturated heterocycles. The first-order chi connectivity index (χ1) is 15.2. The predicted molar refractivity (Wildman–Crippen MR) is 117 cm³/mol. The minimum atomic E-state index is -0.210. The van der Waals surface area contributed by atoms with E-state index in [0.29, 0.717) is 17.4 Å². The molecule has 31 heavy (non-hydrogen) atoms. The number of carbonyl (C=O) groups excluding carboxylic acids is 1. The van der Waals surface area contributed by atoms with Crippen LogP contribution in [-0.4, -0.2) is 48.7 Å². The summed E-state index contributed by atoms with van der Waals surface area (Å²) in [4.78, 5) is 22.1. The lowest BCUT2D eigenvalue weighted by Crippen LogP contribution is -2.26. The molecule has 4 N–H and O–H groups in total. The number of aliphatic hydroxyl groups excluding tert-OH is 1. The number of benzene rings is 1.